The van der Waals surface area contributed by atoms with Gasteiger partial charge >= 0.3 is 5.97 Å². The summed E-state index contributed by atoms with van der Waals surface area (Å²) >= 11 is 0. The number of carbonyl (C=O) groups is 1. The lowest BCUT2D eigenvalue weighted by Gasteiger charge is -2.45. The van der Waals surface area contributed by atoms with Crippen LogP contribution in [0.5, 0.6) is 0 Å². The number of para-hydroxylation sites is 1. The van der Waals surface area contributed by atoms with Crippen LogP contribution in [-0.4, -0.2) is 20.2 Å². The Bertz CT molecular complexity index is 640. The van der Waals surface area contributed by atoms with E-state index in [9.17, 15) is 4.79 Å². The van der Waals surface area contributed by atoms with E-state index in [-0.39, 0.29) is 5.97 Å². The SMILES string of the molecule is COC(=O)C(C)(C)C(Nc1ccccc1)(OC)c1ccccc1. The summed E-state index contributed by atoms with van der Waals surface area (Å²) in [4.78, 5) is 12.5. The van der Waals surface area contributed by atoms with Crippen molar-refractivity contribution in [3.05, 3.63) is 66.2 Å². The van der Waals surface area contributed by atoms with Crippen LogP contribution in [0.2, 0.25) is 0 Å². The summed E-state index contributed by atoms with van der Waals surface area (Å²) in [6.45, 7) is 3.62. The molecule has 2 aromatic rings. The molecule has 1 atom stereocenters. The highest BCUT2D eigenvalue weighted by atomic mass is 16.5. The third-order valence-electron chi connectivity index (χ3n) is 4.16. The Balaban J connectivity index is 2.60. The van der Waals surface area contributed by atoms with Crippen molar-refractivity contribution in [1.82, 2.24) is 0 Å². The van der Waals surface area contributed by atoms with Crippen LogP contribution in [0, 0.1) is 5.41 Å². The molecule has 0 aromatic heterocycles. The second kappa shape index (κ2) is 6.84. The zero-order chi connectivity index (χ0) is 16.9. The van der Waals surface area contributed by atoms with Crippen LogP contribution < -0.4 is 5.32 Å². The van der Waals surface area contributed by atoms with Gasteiger partial charge in [-0.3, -0.25) is 4.79 Å². The maximum Gasteiger partial charge on any atom is 0.316 e. The first-order valence-electron chi connectivity index (χ1n) is 7.50. The van der Waals surface area contributed by atoms with Gasteiger partial charge in [0.15, 0.2) is 5.72 Å². The first kappa shape index (κ1) is 17.0. The van der Waals surface area contributed by atoms with E-state index in [1.807, 2.05) is 74.5 Å². The Morgan fingerprint density at radius 3 is 1.91 bits per heavy atom. The van der Waals surface area contributed by atoms with E-state index < -0.39 is 11.1 Å². The van der Waals surface area contributed by atoms with E-state index in [1.165, 1.54) is 7.11 Å². The number of esters is 1. The Morgan fingerprint density at radius 2 is 1.43 bits per heavy atom. The number of rotatable bonds is 6. The smallest absolute Gasteiger partial charge is 0.316 e. The van der Waals surface area contributed by atoms with E-state index >= 15 is 0 Å². The molecule has 0 bridgehead atoms. The van der Waals surface area contributed by atoms with Crippen LogP contribution in [-0.2, 0) is 20.0 Å². The number of hydrogen-bond donors (Lipinski definition) is 1. The normalized spacial score (nSPS) is 13.9. The van der Waals surface area contributed by atoms with E-state index in [0.29, 0.717) is 0 Å². The van der Waals surface area contributed by atoms with Crippen LogP contribution in [0.1, 0.15) is 19.4 Å². The fourth-order valence-electron chi connectivity index (χ4n) is 2.81. The number of anilines is 1. The Morgan fingerprint density at radius 1 is 0.913 bits per heavy atom. The van der Waals surface area contributed by atoms with Crippen molar-refractivity contribution in [2.45, 2.75) is 19.6 Å². The predicted octanol–water partition coefficient (Wildman–Crippen LogP) is 3.80. The number of benzene rings is 2. The van der Waals surface area contributed by atoms with Crippen molar-refractivity contribution in [3.8, 4) is 0 Å². The molecule has 0 saturated heterocycles. The fourth-order valence-corrected chi connectivity index (χ4v) is 2.81. The molecule has 122 valence electrons. The van der Waals surface area contributed by atoms with Crippen molar-refractivity contribution in [1.29, 1.82) is 0 Å². The monoisotopic (exact) mass is 313 g/mol. The average molecular weight is 313 g/mol. The number of methoxy groups -OCH3 is 2. The van der Waals surface area contributed by atoms with Crippen molar-refractivity contribution in [2.24, 2.45) is 5.41 Å². The van der Waals surface area contributed by atoms with Gasteiger partial charge in [0.2, 0.25) is 0 Å². The Kier molecular flexibility index (Phi) is 5.06. The highest BCUT2D eigenvalue weighted by molar-refractivity contribution is 5.78. The highest BCUT2D eigenvalue weighted by Crippen LogP contribution is 2.44. The first-order valence-corrected chi connectivity index (χ1v) is 7.50. The van der Waals surface area contributed by atoms with E-state index in [4.69, 9.17) is 9.47 Å². The Hall–Kier alpha value is -2.33. The molecule has 0 fully saturated rings. The fraction of sp³-hybridized carbons (Fsp3) is 0.316. The molecule has 0 spiro atoms. The molecule has 0 aliphatic heterocycles. The zero-order valence-corrected chi connectivity index (χ0v) is 14.0. The molecule has 1 N–H and O–H groups in total. The van der Waals surface area contributed by atoms with Gasteiger partial charge in [-0.2, -0.15) is 0 Å². The molecule has 4 heteroatoms. The van der Waals surface area contributed by atoms with Gasteiger partial charge in [0.05, 0.1) is 7.11 Å². The van der Waals surface area contributed by atoms with Crippen LogP contribution >= 0.6 is 0 Å². The molecule has 0 saturated carbocycles. The molecule has 2 rings (SSSR count). The summed E-state index contributed by atoms with van der Waals surface area (Å²) in [5.74, 6) is -0.355. The standard InChI is InChI=1S/C19H23NO3/c1-18(2,17(21)22-3)19(23-4,15-11-7-5-8-12-15)20-16-13-9-6-10-14-16/h5-14,20H,1-4H3. The first-order chi connectivity index (χ1) is 11.0. The lowest BCUT2D eigenvalue weighted by Crippen LogP contribution is -2.54. The van der Waals surface area contributed by atoms with Gasteiger partial charge in [-0.05, 0) is 26.0 Å². The number of ether oxygens (including phenoxy) is 2. The van der Waals surface area contributed by atoms with Gasteiger partial charge in [0.25, 0.3) is 0 Å². The topological polar surface area (TPSA) is 47.6 Å². The number of carbonyl (C=O) groups excluding carboxylic acids is 1. The van der Waals surface area contributed by atoms with Gasteiger partial charge in [-0.25, -0.2) is 0 Å². The molecule has 0 amide bonds. The minimum atomic E-state index is -1.07. The van der Waals surface area contributed by atoms with Gasteiger partial charge in [-0.1, -0.05) is 48.5 Å². The van der Waals surface area contributed by atoms with Crippen molar-refractivity contribution in [2.75, 3.05) is 19.5 Å². The van der Waals surface area contributed by atoms with Gasteiger partial charge in [0, 0.05) is 18.4 Å². The van der Waals surface area contributed by atoms with Gasteiger partial charge < -0.3 is 14.8 Å². The summed E-state index contributed by atoms with van der Waals surface area (Å²) in [7, 11) is 2.98. The molecule has 0 heterocycles. The van der Waals surface area contributed by atoms with Crippen LogP contribution in [0.25, 0.3) is 0 Å². The van der Waals surface area contributed by atoms with Gasteiger partial charge in [-0.15, -0.1) is 0 Å². The molecular weight excluding hydrogens is 290 g/mol. The number of nitrogens with one attached hydrogen (secondary N) is 1. The molecule has 0 aliphatic rings. The lowest BCUT2D eigenvalue weighted by atomic mass is 9.76. The second-order valence-electron chi connectivity index (χ2n) is 5.86. The Labute approximate surface area is 137 Å². The van der Waals surface area contributed by atoms with E-state index in [1.54, 1.807) is 7.11 Å². The summed E-state index contributed by atoms with van der Waals surface area (Å²) in [5, 5.41) is 3.39. The molecular formula is C19H23NO3. The van der Waals surface area contributed by atoms with Crippen molar-refractivity contribution >= 4 is 11.7 Å². The molecule has 2 aromatic carbocycles. The van der Waals surface area contributed by atoms with Crippen molar-refractivity contribution in [3.63, 3.8) is 0 Å². The summed E-state index contributed by atoms with van der Waals surface area (Å²) < 4.78 is 10.9. The molecule has 4 nitrogen and oxygen atoms in total. The highest BCUT2D eigenvalue weighted by Gasteiger charge is 2.53. The van der Waals surface area contributed by atoms with Gasteiger partial charge in [0.1, 0.15) is 5.41 Å². The minimum absolute atomic E-state index is 0.355. The van der Waals surface area contributed by atoms with E-state index in [0.717, 1.165) is 11.3 Å². The van der Waals surface area contributed by atoms with E-state index in [2.05, 4.69) is 5.32 Å². The maximum atomic E-state index is 12.5. The van der Waals surface area contributed by atoms with Crippen LogP contribution in [0.3, 0.4) is 0 Å². The predicted molar refractivity (Wildman–Crippen MR) is 91.0 cm³/mol. The average Bonchev–Trinajstić information content (AvgIpc) is 2.60. The summed E-state index contributed by atoms with van der Waals surface area (Å²) in [6.07, 6.45) is 0. The summed E-state index contributed by atoms with van der Waals surface area (Å²) in [6, 6.07) is 19.3. The zero-order valence-electron chi connectivity index (χ0n) is 14.0. The minimum Gasteiger partial charge on any atom is -0.468 e. The summed E-state index contributed by atoms with van der Waals surface area (Å²) in [5.41, 5.74) is -0.326. The third kappa shape index (κ3) is 3.08. The second-order valence-corrected chi connectivity index (χ2v) is 5.86. The number of hydrogen-bond acceptors (Lipinski definition) is 4. The third-order valence-corrected chi connectivity index (χ3v) is 4.16. The van der Waals surface area contributed by atoms with Crippen LogP contribution in [0.15, 0.2) is 60.7 Å². The quantitative estimate of drug-likeness (QED) is 0.651. The molecule has 0 aliphatic carbocycles. The molecule has 1 unspecified atom stereocenters. The molecule has 23 heavy (non-hydrogen) atoms. The molecule has 0 radical (unpaired) electrons. The lowest BCUT2D eigenvalue weighted by molar-refractivity contribution is -0.170. The largest absolute Gasteiger partial charge is 0.468 e. The van der Waals surface area contributed by atoms with Crippen LogP contribution in [0.4, 0.5) is 5.69 Å². The van der Waals surface area contributed by atoms with Crippen molar-refractivity contribution < 1.29 is 14.3 Å². The maximum absolute atomic E-state index is 12.5.